The number of rotatable bonds is 7. The summed E-state index contributed by atoms with van der Waals surface area (Å²) in [6, 6.07) is 15.4. The number of ether oxygens (including phenoxy) is 2. The number of amides is 2. The molecule has 2 heterocycles. The Morgan fingerprint density at radius 2 is 1.75 bits per heavy atom. The molecule has 1 aliphatic heterocycles. The van der Waals surface area contributed by atoms with E-state index < -0.39 is 0 Å². The Balaban J connectivity index is 1.27. The number of carbonyl (C=O) groups is 1. The zero-order chi connectivity index (χ0) is 22.3. The molecule has 168 valence electrons. The van der Waals surface area contributed by atoms with Crippen LogP contribution in [0.15, 0.2) is 48.5 Å². The van der Waals surface area contributed by atoms with Crippen molar-refractivity contribution in [3.63, 3.8) is 0 Å². The smallest absolute Gasteiger partial charge is 0.317 e. The van der Waals surface area contributed by atoms with Crippen LogP contribution < -0.4 is 14.8 Å². The second-order valence-electron chi connectivity index (χ2n) is 7.45. The highest BCUT2D eigenvalue weighted by Gasteiger charge is 2.22. The Labute approximate surface area is 186 Å². The fraction of sp³-hybridized carbons (Fsp3) is 0.364. The van der Waals surface area contributed by atoms with Crippen LogP contribution in [0.3, 0.4) is 0 Å². The van der Waals surface area contributed by atoms with Crippen molar-refractivity contribution < 1.29 is 14.3 Å². The normalized spacial score (nSPS) is 14.2. The van der Waals surface area contributed by atoms with Crippen molar-refractivity contribution >= 4 is 6.03 Å². The number of aromatic nitrogens is 4. The number of piperazine rings is 1. The molecule has 32 heavy (non-hydrogen) atoms. The van der Waals surface area contributed by atoms with Gasteiger partial charge in [-0.05, 0) is 40.3 Å². The van der Waals surface area contributed by atoms with E-state index in [0.29, 0.717) is 37.7 Å². The topological polar surface area (TPSA) is 97.6 Å². The van der Waals surface area contributed by atoms with E-state index in [-0.39, 0.29) is 6.03 Å². The lowest BCUT2D eigenvalue weighted by molar-refractivity contribution is 0.132. The molecule has 0 bridgehead atoms. The lowest BCUT2D eigenvalue weighted by Gasteiger charge is -2.34. The minimum absolute atomic E-state index is 0.0754. The van der Waals surface area contributed by atoms with Gasteiger partial charge in [-0.15, -0.1) is 5.10 Å². The number of tetrazole rings is 1. The van der Waals surface area contributed by atoms with Crippen LogP contribution in [-0.4, -0.2) is 76.4 Å². The Bertz CT molecular complexity index is 1030. The summed E-state index contributed by atoms with van der Waals surface area (Å²) < 4.78 is 12.3. The lowest BCUT2D eigenvalue weighted by atomic mass is 10.2. The van der Waals surface area contributed by atoms with E-state index >= 15 is 0 Å². The molecule has 4 rings (SSSR count). The Kier molecular flexibility index (Phi) is 6.81. The third kappa shape index (κ3) is 4.97. The largest absolute Gasteiger partial charge is 0.493 e. The molecule has 1 saturated heterocycles. The average Bonchev–Trinajstić information content (AvgIpc) is 3.31. The number of para-hydroxylation sites is 1. The summed E-state index contributed by atoms with van der Waals surface area (Å²) in [7, 11) is 3.19. The van der Waals surface area contributed by atoms with Gasteiger partial charge in [-0.25, -0.2) is 4.79 Å². The van der Waals surface area contributed by atoms with Gasteiger partial charge in [0.1, 0.15) is 0 Å². The third-order valence-electron chi connectivity index (χ3n) is 5.45. The average molecular weight is 438 g/mol. The fourth-order valence-electron chi connectivity index (χ4n) is 3.66. The van der Waals surface area contributed by atoms with Crippen LogP contribution in [0.4, 0.5) is 4.79 Å². The van der Waals surface area contributed by atoms with E-state index in [9.17, 15) is 4.79 Å². The van der Waals surface area contributed by atoms with Gasteiger partial charge in [0.25, 0.3) is 0 Å². The van der Waals surface area contributed by atoms with Crippen molar-refractivity contribution in [3.8, 4) is 17.2 Å². The molecule has 2 aromatic carbocycles. The molecule has 1 aromatic heterocycles. The summed E-state index contributed by atoms with van der Waals surface area (Å²) in [6.45, 7) is 3.85. The van der Waals surface area contributed by atoms with Crippen molar-refractivity contribution in [2.24, 2.45) is 0 Å². The molecular formula is C22H27N7O3. The fourth-order valence-corrected chi connectivity index (χ4v) is 3.66. The van der Waals surface area contributed by atoms with Gasteiger partial charge in [0.05, 0.1) is 26.5 Å². The van der Waals surface area contributed by atoms with Crippen LogP contribution in [0.2, 0.25) is 0 Å². The molecule has 0 radical (unpaired) electrons. The van der Waals surface area contributed by atoms with Crippen LogP contribution in [0, 0.1) is 0 Å². The zero-order valence-electron chi connectivity index (χ0n) is 18.3. The highest BCUT2D eigenvalue weighted by atomic mass is 16.5. The molecule has 0 spiro atoms. The van der Waals surface area contributed by atoms with Gasteiger partial charge in [0.2, 0.25) is 0 Å². The number of carbonyl (C=O) groups excluding carboxylic acids is 1. The van der Waals surface area contributed by atoms with E-state index in [1.165, 1.54) is 0 Å². The predicted molar refractivity (Wildman–Crippen MR) is 118 cm³/mol. The maximum Gasteiger partial charge on any atom is 0.317 e. The Hall–Kier alpha value is -3.66. The summed E-state index contributed by atoms with van der Waals surface area (Å²) in [5.41, 5.74) is 1.88. The van der Waals surface area contributed by atoms with Gasteiger partial charge in [0.15, 0.2) is 17.3 Å². The number of hydrogen-bond donors (Lipinski definition) is 1. The molecule has 0 atom stereocenters. The first-order valence-corrected chi connectivity index (χ1v) is 10.5. The second-order valence-corrected chi connectivity index (χ2v) is 7.45. The van der Waals surface area contributed by atoms with Crippen LogP contribution in [0.1, 0.15) is 11.4 Å². The number of nitrogens with one attached hydrogen (secondary N) is 1. The number of nitrogens with zero attached hydrogens (tertiary/aromatic N) is 6. The standard InChI is InChI=1S/C22H27N7O3/c1-31-19-9-8-17(14-20(19)32-2)15-23-22(30)28-12-10-27(11-13-28)16-21-24-25-26-29(21)18-6-4-3-5-7-18/h3-9,14H,10-13,15-16H2,1-2H3,(H,23,30). The molecule has 1 aliphatic rings. The van der Waals surface area contributed by atoms with Gasteiger partial charge in [0, 0.05) is 32.7 Å². The first kappa shape index (κ1) is 21.6. The number of benzene rings is 2. The van der Waals surface area contributed by atoms with Crippen molar-refractivity contribution in [1.82, 2.24) is 35.3 Å². The monoisotopic (exact) mass is 437 g/mol. The maximum absolute atomic E-state index is 12.6. The molecule has 0 aliphatic carbocycles. The van der Waals surface area contributed by atoms with Gasteiger partial charge in [-0.3, -0.25) is 4.90 Å². The van der Waals surface area contributed by atoms with E-state index in [1.807, 2.05) is 53.4 Å². The summed E-state index contributed by atoms with van der Waals surface area (Å²) in [5, 5.41) is 15.1. The van der Waals surface area contributed by atoms with E-state index in [2.05, 4.69) is 25.7 Å². The third-order valence-corrected chi connectivity index (χ3v) is 5.45. The van der Waals surface area contributed by atoms with E-state index in [4.69, 9.17) is 9.47 Å². The summed E-state index contributed by atoms with van der Waals surface area (Å²) in [4.78, 5) is 16.7. The van der Waals surface area contributed by atoms with Crippen LogP contribution in [-0.2, 0) is 13.1 Å². The molecule has 3 aromatic rings. The van der Waals surface area contributed by atoms with Crippen molar-refractivity contribution in [3.05, 3.63) is 59.9 Å². The SMILES string of the molecule is COc1ccc(CNC(=O)N2CCN(Cc3nnnn3-c3ccccc3)CC2)cc1OC. The first-order chi connectivity index (χ1) is 15.7. The first-order valence-electron chi connectivity index (χ1n) is 10.5. The molecule has 0 saturated carbocycles. The van der Waals surface area contributed by atoms with Crippen molar-refractivity contribution in [1.29, 1.82) is 0 Å². The molecule has 1 fully saturated rings. The summed E-state index contributed by atoms with van der Waals surface area (Å²) >= 11 is 0. The summed E-state index contributed by atoms with van der Waals surface area (Å²) in [5.74, 6) is 2.09. The van der Waals surface area contributed by atoms with Crippen molar-refractivity contribution in [2.45, 2.75) is 13.1 Å². The Morgan fingerprint density at radius 1 is 1.00 bits per heavy atom. The van der Waals surface area contributed by atoms with Gasteiger partial charge >= 0.3 is 6.03 Å². The molecule has 0 unspecified atom stereocenters. The minimum Gasteiger partial charge on any atom is -0.493 e. The molecular weight excluding hydrogens is 410 g/mol. The summed E-state index contributed by atoms with van der Waals surface area (Å²) in [6.07, 6.45) is 0. The molecule has 10 nitrogen and oxygen atoms in total. The van der Waals surface area contributed by atoms with Crippen LogP contribution in [0.25, 0.3) is 5.69 Å². The predicted octanol–water partition coefficient (Wildman–Crippen LogP) is 1.71. The lowest BCUT2D eigenvalue weighted by Crippen LogP contribution is -2.51. The highest BCUT2D eigenvalue weighted by molar-refractivity contribution is 5.74. The zero-order valence-corrected chi connectivity index (χ0v) is 18.3. The minimum atomic E-state index is -0.0754. The molecule has 10 heteroatoms. The maximum atomic E-state index is 12.6. The van der Waals surface area contributed by atoms with Crippen molar-refractivity contribution in [2.75, 3.05) is 40.4 Å². The van der Waals surface area contributed by atoms with Gasteiger partial charge in [-0.2, -0.15) is 4.68 Å². The van der Waals surface area contributed by atoms with Gasteiger partial charge < -0.3 is 19.7 Å². The quantitative estimate of drug-likeness (QED) is 0.601. The van der Waals surface area contributed by atoms with Crippen LogP contribution in [0.5, 0.6) is 11.5 Å². The second kappa shape index (κ2) is 10.1. The van der Waals surface area contributed by atoms with E-state index in [0.717, 1.165) is 30.2 Å². The Morgan fingerprint density at radius 3 is 2.47 bits per heavy atom. The number of hydrogen-bond acceptors (Lipinski definition) is 7. The number of methoxy groups -OCH3 is 2. The van der Waals surface area contributed by atoms with E-state index in [1.54, 1.807) is 18.9 Å². The van der Waals surface area contributed by atoms with Gasteiger partial charge in [-0.1, -0.05) is 24.3 Å². The molecule has 1 N–H and O–H groups in total. The highest BCUT2D eigenvalue weighted by Crippen LogP contribution is 2.27. The van der Waals surface area contributed by atoms with Crippen LogP contribution >= 0.6 is 0 Å². The molecule has 2 amide bonds. The number of urea groups is 1.